The number of hydrogen-bond donors (Lipinski definition) is 0. The lowest BCUT2D eigenvalue weighted by Crippen LogP contribution is -2.48. The van der Waals surface area contributed by atoms with Crippen LogP contribution < -0.4 is 0 Å². The van der Waals surface area contributed by atoms with Gasteiger partial charge in [0.1, 0.15) is 23.9 Å². The highest BCUT2D eigenvalue weighted by atomic mass is 16.6. The normalized spacial score (nSPS) is 42.2. The van der Waals surface area contributed by atoms with Gasteiger partial charge in [0.2, 0.25) is 0 Å². The molecule has 0 radical (unpaired) electrons. The number of carbonyl (C=O) groups is 4. The first-order valence-corrected chi connectivity index (χ1v) is 12.2. The Kier molecular flexibility index (Phi) is 5.60. The van der Waals surface area contributed by atoms with Gasteiger partial charge >= 0.3 is 23.9 Å². The Balaban J connectivity index is 0.000000142. The molecule has 184 valence electrons. The maximum atomic E-state index is 11.8. The van der Waals surface area contributed by atoms with E-state index in [0.717, 1.165) is 32.1 Å². The molecule has 7 fully saturated rings. The topological polar surface area (TPSA) is 105 Å². The van der Waals surface area contributed by atoms with Gasteiger partial charge in [-0.15, -0.1) is 0 Å². The Morgan fingerprint density at radius 3 is 2.35 bits per heavy atom. The molecule has 3 saturated heterocycles. The van der Waals surface area contributed by atoms with Gasteiger partial charge in [-0.25, -0.2) is 9.59 Å². The van der Waals surface area contributed by atoms with Crippen LogP contribution >= 0.6 is 0 Å². The molecule has 3 aliphatic heterocycles. The molecular formula is C26H32O8. The summed E-state index contributed by atoms with van der Waals surface area (Å²) < 4.78 is 21.8. The van der Waals surface area contributed by atoms with Gasteiger partial charge in [0.15, 0.2) is 0 Å². The minimum atomic E-state index is -0.487. The van der Waals surface area contributed by atoms with Crippen LogP contribution in [0.5, 0.6) is 0 Å². The van der Waals surface area contributed by atoms with Crippen LogP contribution in [-0.4, -0.2) is 47.8 Å². The fraction of sp³-hybridized carbons (Fsp3) is 0.692. The molecule has 8 nitrogen and oxygen atoms in total. The van der Waals surface area contributed by atoms with Gasteiger partial charge in [0.05, 0.1) is 11.8 Å². The van der Waals surface area contributed by atoms with Crippen LogP contribution in [0.25, 0.3) is 0 Å². The molecule has 9 atom stereocenters. The summed E-state index contributed by atoms with van der Waals surface area (Å²) >= 11 is 0. The molecule has 0 aromatic heterocycles. The highest BCUT2D eigenvalue weighted by molar-refractivity contribution is 5.88. The van der Waals surface area contributed by atoms with Gasteiger partial charge in [0.25, 0.3) is 0 Å². The van der Waals surface area contributed by atoms with Gasteiger partial charge in [0, 0.05) is 35.8 Å². The fourth-order valence-corrected chi connectivity index (χ4v) is 7.07. The fourth-order valence-electron chi connectivity index (χ4n) is 7.07. The zero-order valence-corrected chi connectivity index (χ0v) is 19.7. The smallest absolute Gasteiger partial charge is 0.333 e. The van der Waals surface area contributed by atoms with Crippen LogP contribution in [0.1, 0.15) is 58.8 Å². The van der Waals surface area contributed by atoms with Crippen LogP contribution in [0.4, 0.5) is 0 Å². The molecule has 6 bridgehead atoms. The van der Waals surface area contributed by atoms with Gasteiger partial charge in [-0.3, -0.25) is 9.59 Å². The summed E-state index contributed by atoms with van der Waals surface area (Å²) in [4.78, 5) is 46.6. The monoisotopic (exact) mass is 472 g/mol. The second kappa shape index (κ2) is 8.24. The minimum Gasteiger partial charge on any atom is -0.462 e. The maximum Gasteiger partial charge on any atom is 0.333 e. The van der Waals surface area contributed by atoms with E-state index >= 15 is 0 Å². The molecule has 0 aromatic rings. The van der Waals surface area contributed by atoms with Crippen molar-refractivity contribution >= 4 is 23.9 Å². The second-order valence-corrected chi connectivity index (χ2v) is 11.1. The average Bonchev–Trinajstić information content (AvgIpc) is 3.34. The first-order valence-electron chi connectivity index (χ1n) is 12.2. The van der Waals surface area contributed by atoms with Crippen molar-refractivity contribution in [2.45, 2.75) is 82.7 Å². The number of rotatable bonds is 4. The predicted molar refractivity (Wildman–Crippen MR) is 118 cm³/mol. The van der Waals surface area contributed by atoms with E-state index in [1.165, 1.54) is 0 Å². The Bertz CT molecular complexity index is 968. The standard InChI is InChI=1S/C14H18O4.C12H14O4/c1-8(2)12(15)18-14-5-9-3-10(6-14)13(16)17-11(4-9)7-14;1-5(2)11(13)15-9-6-3-7-8(4-6)12(14)16-10(7)9/h9-11H,1,3-7H2,2H3;6-10H,1,3-4H2,2H3. The predicted octanol–water partition coefficient (Wildman–Crippen LogP) is 3.04. The quantitative estimate of drug-likeness (QED) is 0.349. The summed E-state index contributed by atoms with van der Waals surface area (Å²) in [6.07, 6.45) is 5.23. The van der Waals surface area contributed by atoms with E-state index in [2.05, 4.69) is 13.2 Å². The third kappa shape index (κ3) is 3.95. The molecule has 4 saturated carbocycles. The first-order chi connectivity index (χ1) is 16.0. The van der Waals surface area contributed by atoms with Crippen molar-refractivity contribution in [2.24, 2.45) is 29.6 Å². The molecule has 8 heteroatoms. The van der Waals surface area contributed by atoms with E-state index < -0.39 is 5.60 Å². The van der Waals surface area contributed by atoms with Crippen molar-refractivity contribution in [1.82, 2.24) is 0 Å². The number of esters is 4. The lowest BCUT2D eigenvalue weighted by atomic mass is 9.65. The highest BCUT2D eigenvalue weighted by Gasteiger charge is 2.63. The molecule has 7 aliphatic rings. The number of ether oxygens (including phenoxy) is 4. The zero-order chi connectivity index (χ0) is 24.4. The first kappa shape index (κ1) is 23.1. The van der Waals surface area contributed by atoms with Crippen molar-refractivity contribution in [1.29, 1.82) is 0 Å². The van der Waals surface area contributed by atoms with E-state index in [9.17, 15) is 19.2 Å². The lowest BCUT2D eigenvalue weighted by Gasteiger charge is -2.45. The van der Waals surface area contributed by atoms with Crippen molar-refractivity contribution in [2.75, 3.05) is 0 Å². The molecule has 9 unspecified atom stereocenters. The summed E-state index contributed by atoms with van der Waals surface area (Å²) in [5.74, 6) is 0.0780. The highest BCUT2D eigenvalue weighted by Crippen LogP contribution is 2.55. The third-order valence-corrected chi connectivity index (χ3v) is 8.37. The van der Waals surface area contributed by atoms with Gasteiger partial charge in [-0.05, 0) is 51.9 Å². The Labute approximate surface area is 199 Å². The van der Waals surface area contributed by atoms with Gasteiger partial charge in [-0.2, -0.15) is 0 Å². The van der Waals surface area contributed by atoms with Crippen molar-refractivity contribution < 1.29 is 38.1 Å². The zero-order valence-electron chi connectivity index (χ0n) is 19.7. The Hall–Kier alpha value is -2.64. The summed E-state index contributed by atoms with van der Waals surface area (Å²) in [6, 6.07) is 0. The van der Waals surface area contributed by atoms with Crippen molar-refractivity contribution in [3.8, 4) is 0 Å². The molecule has 0 spiro atoms. The Morgan fingerprint density at radius 2 is 1.65 bits per heavy atom. The number of carbonyl (C=O) groups excluding carboxylic acids is 4. The van der Waals surface area contributed by atoms with Gasteiger partial charge < -0.3 is 18.9 Å². The van der Waals surface area contributed by atoms with Crippen LogP contribution in [0.3, 0.4) is 0 Å². The summed E-state index contributed by atoms with van der Waals surface area (Å²) in [5, 5.41) is 0. The number of hydrogen-bond acceptors (Lipinski definition) is 8. The average molecular weight is 473 g/mol. The minimum absolute atomic E-state index is 0.0646. The van der Waals surface area contributed by atoms with Crippen LogP contribution in [0.15, 0.2) is 24.3 Å². The summed E-state index contributed by atoms with van der Waals surface area (Å²) in [6.45, 7) is 10.4. The van der Waals surface area contributed by atoms with E-state index in [4.69, 9.17) is 18.9 Å². The SMILES string of the molecule is C=C(C)C(=O)OC12CC3CC(C1)OC(=O)C(C3)C2.C=C(C)C(=O)OC1C2CC3C(=O)OC1C3C2. The molecule has 7 rings (SSSR count). The lowest BCUT2D eigenvalue weighted by molar-refractivity contribution is -0.169. The van der Waals surface area contributed by atoms with E-state index in [1.807, 2.05) is 0 Å². The largest absolute Gasteiger partial charge is 0.462 e. The molecule has 3 heterocycles. The van der Waals surface area contributed by atoms with E-state index in [1.54, 1.807) is 13.8 Å². The third-order valence-electron chi connectivity index (χ3n) is 8.37. The molecule has 4 aliphatic carbocycles. The summed E-state index contributed by atoms with van der Waals surface area (Å²) in [7, 11) is 0. The summed E-state index contributed by atoms with van der Waals surface area (Å²) in [5.41, 5.74) is 0.318. The maximum absolute atomic E-state index is 11.8. The second-order valence-electron chi connectivity index (χ2n) is 11.1. The van der Waals surface area contributed by atoms with Crippen LogP contribution in [0.2, 0.25) is 0 Å². The van der Waals surface area contributed by atoms with Crippen molar-refractivity contribution in [3.05, 3.63) is 24.3 Å². The molecule has 0 aromatic carbocycles. The Morgan fingerprint density at radius 1 is 0.912 bits per heavy atom. The van der Waals surface area contributed by atoms with E-state index in [0.29, 0.717) is 35.8 Å². The molecule has 34 heavy (non-hydrogen) atoms. The molecular weight excluding hydrogens is 440 g/mol. The number of fused-ring (bicyclic) bond motifs is 2. The van der Waals surface area contributed by atoms with E-state index in [-0.39, 0.29) is 59.9 Å². The molecule has 0 N–H and O–H groups in total. The van der Waals surface area contributed by atoms with Crippen molar-refractivity contribution in [3.63, 3.8) is 0 Å². The van der Waals surface area contributed by atoms with Crippen LogP contribution in [0, 0.1) is 29.6 Å². The van der Waals surface area contributed by atoms with Gasteiger partial charge in [-0.1, -0.05) is 13.2 Å². The molecule has 0 amide bonds. The van der Waals surface area contributed by atoms with Crippen LogP contribution in [-0.2, 0) is 38.1 Å².